The molecule has 1 aliphatic rings. The van der Waals surface area contributed by atoms with Crippen LogP contribution in [0.3, 0.4) is 0 Å². The third-order valence-corrected chi connectivity index (χ3v) is 3.67. The number of rotatable bonds is 3. The average Bonchev–Trinajstić information content (AvgIpc) is 2.49. The first-order valence-corrected chi connectivity index (χ1v) is 7.05. The fraction of sp³-hybridized carbons (Fsp3) is 0.429. The third-order valence-electron chi connectivity index (χ3n) is 3.34. The van der Waals surface area contributed by atoms with E-state index in [1.807, 2.05) is 0 Å². The van der Waals surface area contributed by atoms with Gasteiger partial charge in [0.15, 0.2) is 0 Å². The van der Waals surface area contributed by atoms with Gasteiger partial charge in [0.25, 0.3) is 5.91 Å². The SMILES string of the molecule is CNC(=O)c1ccc(Cl)c(NC(=O)C2CCCCN2)c1. The van der Waals surface area contributed by atoms with Gasteiger partial charge in [-0.05, 0) is 37.6 Å². The van der Waals surface area contributed by atoms with Gasteiger partial charge in [0.2, 0.25) is 5.91 Å². The molecule has 2 amide bonds. The van der Waals surface area contributed by atoms with Crippen molar-refractivity contribution >= 4 is 29.1 Å². The summed E-state index contributed by atoms with van der Waals surface area (Å²) in [6.45, 7) is 0.851. The highest BCUT2D eigenvalue weighted by molar-refractivity contribution is 6.34. The molecule has 0 aromatic heterocycles. The highest BCUT2D eigenvalue weighted by Crippen LogP contribution is 2.23. The number of piperidine rings is 1. The van der Waals surface area contributed by atoms with Crippen LogP contribution in [0.4, 0.5) is 5.69 Å². The van der Waals surface area contributed by atoms with Crippen LogP contribution in [0.15, 0.2) is 18.2 Å². The van der Waals surface area contributed by atoms with Crippen molar-refractivity contribution in [3.8, 4) is 0 Å². The van der Waals surface area contributed by atoms with Crippen LogP contribution in [0.1, 0.15) is 29.6 Å². The van der Waals surface area contributed by atoms with Crippen LogP contribution in [0, 0.1) is 0 Å². The first kappa shape index (κ1) is 14.8. The fourth-order valence-electron chi connectivity index (χ4n) is 2.20. The Kier molecular flexibility index (Phi) is 4.98. The lowest BCUT2D eigenvalue weighted by atomic mass is 10.0. The summed E-state index contributed by atoms with van der Waals surface area (Å²) >= 11 is 6.06. The van der Waals surface area contributed by atoms with Gasteiger partial charge in [-0.1, -0.05) is 18.0 Å². The summed E-state index contributed by atoms with van der Waals surface area (Å²) in [7, 11) is 1.56. The molecule has 1 aromatic carbocycles. The van der Waals surface area contributed by atoms with Gasteiger partial charge in [0, 0.05) is 12.6 Å². The van der Waals surface area contributed by atoms with Crippen molar-refractivity contribution in [3.63, 3.8) is 0 Å². The van der Waals surface area contributed by atoms with E-state index in [0.29, 0.717) is 16.3 Å². The predicted octanol–water partition coefficient (Wildman–Crippen LogP) is 1.78. The number of carbonyl (C=O) groups is 2. The molecule has 1 aliphatic heterocycles. The Bertz CT molecular complexity index is 513. The smallest absolute Gasteiger partial charge is 0.251 e. The second-order valence-corrected chi connectivity index (χ2v) is 5.17. The van der Waals surface area contributed by atoms with Crippen LogP contribution in [0.2, 0.25) is 5.02 Å². The molecular formula is C14H18ClN3O2. The van der Waals surface area contributed by atoms with E-state index in [1.165, 1.54) is 0 Å². The summed E-state index contributed by atoms with van der Waals surface area (Å²) in [4.78, 5) is 23.7. The Labute approximate surface area is 123 Å². The summed E-state index contributed by atoms with van der Waals surface area (Å²) in [6.07, 6.45) is 2.95. The van der Waals surface area contributed by atoms with E-state index in [0.717, 1.165) is 25.8 Å². The zero-order chi connectivity index (χ0) is 14.5. The molecule has 1 saturated heterocycles. The topological polar surface area (TPSA) is 70.2 Å². The van der Waals surface area contributed by atoms with Crippen molar-refractivity contribution in [2.75, 3.05) is 18.9 Å². The van der Waals surface area contributed by atoms with E-state index in [2.05, 4.69) is 16.0 Å². The van der Waals surface area contributed by atoms with Gasteiger partial charge in [-0.25, -0.2) is 0 Å². The van der Waals surface area contributed by atoms with E-state index in [9.17, 15) is 9.59 Å². The van der Waals surface area contributed by atoms with Gasteiger partial charge in [-0.15, -0.1) is 0 Å². The van der Waals surface area contributed by atoms with E-state index in [-0.39, 0.29) is 17.9 Å². The van der Waals surface area contributed by atoms with Crippen molar-refractivity contribution in [3.05, 3.63) is 28.8 Å². The Morgan fingerprint density at radius 3 is 2.80 bits per heavy atom. The van der Waals surface area contributed by atoms with Gasteiger partial charge in [0.1, 0.15) is 0 Å². The maximum Gasteiger partial charge on any atom is 0.251 e. The molecule has 20 heavy (non-hydrogen) atoms. The minimum atomic E-state index is -0.215. The molecule has 1 unspecified atom stereocenters. The predicted molar refractivity (Wildman–Crippen MR) is 79.1 cm³/mol. The van der Waals surface area contributed by atoms with Gasteiger partial charge in [0.05, 0.1) is 16.8 Å². The zero-order valence-electron chi connectivity index (χ0n) is 11.3. The first-order valence-electron chi connectivity index (χ1n) is 6.67. The van der Waals surface area contributed by atoms with Gasteiger partial charge in [-0.3, -0.25) is 9.59 Å². The molecule has 1 fully saturated rings. The van der Waals surface area contributed by atoms with Crippen LogP contribution in [-0.2, 0) is 4.79 Å². The first-order chi connectivity index (χ1) is 9.61. The second kappa shape index (κ2) is 6.72. The van der Waals surface area contributed by atoms with Gasteiger partial charge < -0.3 is 16.0 Å². The molecule has 1 aromatic rings. The maximum atomic E-state index is 12.1. The Morgan fingerprint density at radius 2 is 2.15 bits per heavy atom. The molecule has 0 spiro atoms. The molecule has 1 atom stereocenters. The Morgan fingerprint density at radius 1 is 1.35 bits per heavy atom. The highest BCUT2D eigenvalue weighted by atomic mass is 35.5. The van der Waals surface area contributed by atoms with Crippen molar-refractivity contribution in [2.24, 2.45) is 0 Å². The van der Waals surface area contributed by atoms with Gasteiger partial charge >= 0.3 is 0 Å². The van der Waals surface area contributed by atoms with Crippen LogP contribution >= 0.6 is 11.6 Å². The van der Waals surface area contributed by atoms with Crippen LogP contribution in [-0.4, -0.2) is 31.4 Å². The molecule has 0 bridgehead atoms. The quantitative estimate of drug-likeness (QED) is 0.796. The van der Waals surface area contributed by atoms with Gasteiger partial charge in [-0.2, -0.15) is 0 Å². The monoisotopic (exact) mass is 295 g/mol. The van der Waals surface area contributed by atoms with Crippen molar-refractivity contribution in [1.82, 2.24) is 10.6 Å². The molecule has 2 rings (SSSR count). The number of halogens is 1. The van der Waals surface area contributed by atoms with E-state index < -0.39 is 0 Å². The fourth-order valence-corrected chi connectivity index (χ4v) is 2.37. The number of hydrogen-bond donors (Lipinski definition) is 3. The maximum absolute atomic E-state index is 12.1. The average molecular weight is 296 g/mol. The minimum absolute atomic E-state index is 0.111. The number of anilines is 1. The third kappa shape index (κ3) is 3.49. The molecule has 3 N–H and O–H groups in total. The Hall–Kier alpha value is -1.59. The minimum Gasteiger partial charge on any atom is -0.355 e. The molecule has 0 saturated carbocycles. The number of carbonyl (C=O) groups excluding carboxylic acids is 2. The van der Waals surface area contributed by atoms with Crippen LogP contribution in [0.25, 0.3) is 0 Å². The Balaban J connectivity index is 2.11. The summed E-state index contributed by atoms with van der Waals surface area (Å²) in [5, 5.41) is 8.91. The summed E-state index contributed by atoms with van der Waals surface area (Å²) < 4.78 is 0. The molecule has 6 heteroatoms. The number of hydrogen-bond acceptors (Lipinski definition) is 3. The zero-order valence-corrected chi connectivity index (χ0v) is 12.1. The summed E-state index contributed by atoms with van der Waals surface area (Å²) in [5.74, 6) is -0.325. The summed E-state index contributed by atoms with van der Waals surface area (Å²) in [6, 6.07) is 4.62. The normalized spacial score (nSPS) is 18.4. The highest BCUT2D eigenvalue weighted by Gasteiger charge is 2.21. The molecule has 108 valence electrons. The van der Waals surface area contributed by atoms with Crippen LogP contribution in [0.5, 0.6) is 0 Å². The van der Waals surface area contributed by atoms with Crippen molar-refractivity contribution in [1.29, 1.82) is 0 Å². The second-order valence-electron chi connectivity index (χ2n) is 4.77. The lowest BCUT2D eigenvalue weighted by Gasteiger charge is -2.22. The standard InChI is InChI=1S/C14H18ClN3O2/c1-16-13(19)9-5-6-10(15)12(8-9)18-14(20)11-4-2-3-7-17-11/h5-6,8,11,17H,2-4,7H2,1H3,(H,16,19)(H,18,20). The van der Waals surface area contributed by atoms with Crippen molar-refractivity contribution < 1.29 is 9.59 Å². The van der Waals surface area contributed by atoms with E-state index in [1.54, 1.807) is 25.2 Å². The van der Waals surface area contributed by atoms with E-state index >= 15 is 0 Å². The molecule has 0 radical (unpaired) electrons. The largest absolute Gasteiger partial charge is 0.355 e. The molecule has 5 nitrogen and oxygen atoms in total. The number of amides is 2. The molecule has 1 heterocycles. The lowest BCUT2D eigenvalue weighted by molar-refractivity contribution is -0.118. The van der Waals surface area contributed by atoms with E-state index in [4.69, 9.17) is 11.6 Å². The van der Waals surface area contributed by atoms with Crippen LogP contribution < -0.4 is 16.0 Å². The summed E-state index contributed by atoms with van der Waals surface area (Å²) in [5.41, 5.74) is 0.925. The molecule has 0 aliphatic carbocycles. The number of benzene rings is 1. The lowest BCUT2D eigenvalue weighted by Crippen LogP contribution is -2.43. The number of nitrogens with one attached hydrogen (secondary N) is 3. The van der Waals surface area contributed by atoms with Crippen molar-refractivity contribution in [2.45, 2.75) is 25.3 Å². The molecular weight excluding hydrogens is 278 g/mol.